The fourth-order valence-electron chi connectivity index (χ4n) is 0.472. The van der Waals surface area contributed by atoms with Gasteiger partial charge in [0.15, 0.2) is 0 Å². The van der Waals surface area contributed by atoms with Gasteiger partial charge in [0.1, 0.15) is 0 Å². The van der Waals surface area contributed by atoms with Gasteiger partial charge in [-0.15, -0.1) is 5.10 Å². The van der Waals surface area contributed by atoms with Crippen LogP contribution in [0.15, 0.2) is 45.8 Å². The predicted octanol–water partition coefficient (Wildman–Crippen LogP) is 0.554. The van der Waals surface area contributed by atoms with Gasteiger partial charge in [0.2, 0.25) is 0 Å². The molecule has 1 aromatic heterocycles. The summed E-state index contributed by atoms with van der Waals surface area (Å²) in [6, 6.07) is 7.92. The first kappa shape index (κ1) is 7.40. The topological polar surface area (TPSA) is 56.0 Å². The van der Waals surface area contributed by atoms with Crippen LogP contribution < -0.4 is 5.63 Å². The molecule has 0 bridgehead atoms. The first-order valence-electron chi connectivity index (χ1n) is 3.00. The molecule has 0 saturated heterocycles. The SMILES string of the molecule is O=c1ccccccnno1. The molecule has 0 unspecified atom stereocenters. The first-order chi connectivity index (χ1) is 5.39. The molecule has 0 aromatic carbocycles. The second kappa shape index (κ2) is 4.16. The maximum atomic E-state index is 10.6. The van der Waals surface area contributed by atoms with Crippen molar-refractivity contribution in [2.75, 3.05) is 0 Å². The van der Waals surface area contributed by atoms with Crippen molar-refractivity contribution in [3.63, 3.8) is 0 Å². The fourth-order valence-corrected chi connectivity index (χ4v) is 0.472. The molecule has 0 aliphatic rings. The lowest BCUT2D eigenvalue weighted by Gasteiger charge is -1.69. The van der Waals surface area contributed by atoms with Gasteiger partial charge in [-0.05, 0) is 6.07 Å². The second-order valence-corrected chi connectivity index (χ2v) is 1.69. The molecule has 4 nitrogen and oxygen atoms in total. The van der Waals surface area contributed by atoms with Gasteiger partial charge in [0, 0.05) is 11.3 Å². The summed E-state index contributed by atoms with van der Waals surface area (Å²) in [7, 11) is 0. The van der Waals surface area contributed by atoms with Gasteiger partial charge in [-0.2, -0.15) is 0 Å². The molecule has 11 heavy (non-hydrogen) atoms. The van der Waals surface area contributed by atoms with Gasteiger partial charge >= 0.3 is 5.63 Å². The second-order valence-electron chi connectivity index (χ2n) is 1.69. The molecule has 0 saturated carbocycles. The van der Waals surface area contributed by atoms with Gasteiger partial charge in [0.25, 0.3) is 0 Å². The van der Waals surface area contributed by atoms with Gasteiger partial charge in [-0.1, -0.05) is 18.2 Å². The maximum absolute atomic E-state index is 10.6. The minimum Gasteiger partial charge on any atom is -0.295 e. The van der Waals surface area contributed by atoms with Crippen molar-refractivity contribution in [2.45, 2.75) is 0 Å². The summed E-state index contributed by atoms with van der Waals surface area (Å²) in [6.45, 7) is 0. The van der Waals surface area contributed by atoms with Crippen LogP contribution in [0, 0.1) is 0 Å². The van der Waals surface area contributed by atoms with E-state index in [0.29, 0.717) is 0 Å². The lowest BCUT2D eigenvalue weighted by molar-refractivity contribution is 0.340. The zero-order valence-corrected chi connectivity index (χ0v) is 5.68. The van der Waals surface area contributed by atoms with Crippen LogP contribution in [0.3, 0.4) is 0 Å². The van der Waals surface area contributed by atoms with Crippen LogP contribution in [-0.4, -0.2) is 10.4 Å². The van der Waals surface area contributed by atoms with Crippen LogP contribution in [0.4, 0.5) is 0 Å². The third-order valence-electron chi connectivity index (χ3n) is 0.896. The van der Waals surface area contributed by atoms with Crippen LogP contribution in [0.1, 0.15) is 0 Å². The molecule has 1 heterocycles. The van der Waals surface area contributed by atoms with E-state index in [1.54, 1.807) is 24.3 Å². The summed E-state index contributed by atoms with van der Waals surface area (Å²) in [5, 5.41) is 6.52. The molecule has 0 N–H and O–H groups in total. The molecule has 0 atom stereocenters. The van der Waals surface area contributed by atoms with E-state index in [1.165, 1.54) is 12.3 Å². The Balaban J connectivity index is 3.21. The Kier molecular flexibility index (Phi) is 2.80. The molecule has 0 radical (unpaired) electrons. The monoisotopic (exact) mass is 150 g/mol. The maximum Gasteiger partial charge on any atom is 0.360 e. The Morgan fingerprint density at radius 2 is 2.00 bits per heavy atom. The Morgan fingerprint density at radius 3 is 2.91 bits per heavy atom. The Labute approximate surface area is 62.8 Å². The predicted molar refractivity (Wildman–Crippen MR) is 38.2 cm³/mol. The third-order valence-corrected chi connectivity index (χ3v) is 0.896. The normalized spacial score (nSPS) is 8.36. The minimum atomic E-state index is -0.534. The van der Waals surface area contributed by atoms with Crippen molar-refractivity contribution >= 4 is 0 Å². The Bertz CT molecular complexity index is 292. The van der Waals surface area contributed by atoms with Crippen molar-refractivity contribution in [1.82, 2.24) is 10.4 Å². The quantitative estimate of drug-likeness (QED) is 0.542. The number of rotatable bonds is 0. The van der Waals surface area contributed by atoms with Gasteiger partial charge in [-0.25, -0.2) is 4.79 Å². The van der Waals surface area contributed by atoms with E-state index in [1.807, 2.05) is 0 Å². The third kappa shape index (κ3) is 3.10. The minimum absolute atomic E-state index is 0.534. The van der Waals surface area contributed by atoms with E-state index in [2.05, 4.69) is 14.9 Å². The zero-order chi connectivity index (χ0) is 7.94. The van der Waals surface area contributed by atoms with Crippen LogP contribution in [0.5, 0.6) is 0 Å². The summed E-state index contributed by atoms with van der Waals surface area (Å²) in [5.74, 6) is 0. The molecular weight excluding hydrogens is 144 g/mol. The average molecular weight is 150 g/mol. The van der Waals surface area contributed by atoms with Crippen molar-refractivity contribution in [2.24, 2.45) is 0 Å². The van der Waals surface area contributed by atoms with E-state index < -0.39 is 5.63 Å². The van der Waals surface area contributed by atoms with Crippen LogP contribution >= 0.6 is 0 Å². The number of nitrogens with zero attached hydrogens (tertiary/aromatic N) is 2. The molecule has 0 amide bonds. The molecule has 0 aliphatic carbocycles. The summed E-state index contributed by atoms with van der Waals surface area (Å²) < 4.78 is 4.27. The number of hydrogen-bond acceptors (Lipinski definition) is 4. The lowest BCUT2D eigenvalue weighted by atomic mass is 10.5. The first-order valence-corrected chi connectivity index (χ1v) is 3.00. The van der Waals surface area contributed by atoms with Crippen LogP contribution in [0.25, 0.3) is 0 Å². The van der Waals surface area contributed by atoms with Crippen LogP contribution in [-0.2, 0) is 0 Å². The summed E-state index contributed by atoms with van der Waals surface area (Å²) >= 11 is 0. The molecule has 4 heteroatoms. The molecule has 0 fully saturated rings. The number of hydrogen-bond donors (Lipinski definition) is 0. The average Bonchev–Trinajstić information content (AvgIpc) is 2.03. The highest BCUT2D eigenvalue weighted by molar-refractivity contribution is 4.89. The largest absolute Gasteiger partial charge is 0.360 e. The van der Waals surface area contributed by atoms with E-state index >= 15 is 0 Å². The Morgan fingerprint density at radius 1 is 1.18 bits per heavy atom. The lowest BCUT2D eigenvalue weighted by Crippen LogP contribution is -1.92. The highest BCUT2D eigenvalue weighted by Gasteiger charge is 1.71. The highest BCUT2D eigenvalue weighted by atomic mass is 16.5. The smallest absolute Gasteiger partial charge is 0.295 e. The molecule has 1 aromatic rings. The van der Waals surface area contributed by atoms with Gasteiger partial charge in [0.05, 0.1) is 6.20 Å². The van der Waals surface area contributed by atoms with Gasteiger partial charge < -0.3 is 0 Å². The van der Waals surface area contributed by atoms with E-state index in [0.717, 1.165) is 0 Å². The zero-order valence-electron chi connectivity index (χ0n) is 5.68. The van der Waals surface area contributed by atoms with Crippen molar-refractivity contribution in [3.8, 4) is 0 Å². The molecule has 0 aliphatic heterocycles. The van der Waals surface area contributed by atoms with Crippen molar-refractivity contribution in [3.05, 3.63) is 46.9 Å². The Hall–Kier alpha value is -1.71. The molecule has 56 valence electrons. The summed E-state index contributed by atoms with van der Waals surface area (Å²) in [6.07, 6.45) is 1.42. The van der Waals surface area contributed by atoms with Gasteiger partial charge in [-0.3, -0.25) is 4.52 Å². The molecular formula is C7H6N2O2. The molecule has 1 rings (SSSR count). The fraction of sp³-hybridized carbons (Fsp3) is 0. The van der Waals surface area contributed by atoms with E-state index in [-0.39, 0.29) is 0 Å². The molecule has 0 spiro atoms. The van der Waals surface area contributed by atoms with Crippen molar-refractivity contribution in [1.29, 1.82) is 0 Å². The van der Waals surface area contributed by atoms with E-state index in [4.69, 9.17) is 0 Å². The summed E-state index contributed by atoms with van der Waals surface area (Å²) in [4.78, 5) is 10.6. The van der Waals surface area contributed by atoms with Crippen LogP contribution in [0.2, 0.25) is 0 Å². The number of aromatic nitrogens is 2. The summed E-state index contributed by atoms with van der Waals surface area (Å²) in [5.41, 5.74) is -0.534. The van der Waals surface area contributed by atoms with Crippen molar-refractivity contribution < 1.29 is 4.52 Å². The van der Waals surface area contributed by atoms with E-state index in [9.17, 15) is 4.79 Å². The highest BCUT2D eigenvalue weighted by Crippen LogP contribution is 1.71. The standard InChI is InChI=1S/C7H6N2O2/c10-7-5-3-1-2-4-6-8-9-11-7/h1-6H.